The molecule has 12 heteroatoms. The fourth-order valence-electron chi connectivity index (χ4n) is 4.35. The van der Waals surface area contributed by atoms with Crippen molar-refractivity contribution >= 4 is 41.3 Å². The Morgan fingerprint density at radius 3 is 1.07 bits per heavy atom. The Balaban J connectivity index is 3.13. The lowest BCUT2D eigenvalue weighted by molar-refractivity contribution is 0.0670. The Kier molecular flexibility index (Phi) is 10.6. The van der Waals surface area contributed by atoms with Crippen molar-refractivity contribution < 1.29 is 44.1 Å². The van der Waals surface area contributed by atoms with Crippen molar-refractivity contribution in [3.8, 4) is 0 Å². The number of amides is 3. The molecule has 0 aliphatic carbocycles. The van der Waals surface area contributed by atoms with Crippen molar-refractivity contribution in [1.82, 2.24) is 10.6 Å². The van der Waals surface area contributed by atoms with Gasteiger partial charge in [0.2, 0.25) is 0 Å². The lowest BCUT2D eigenvalue weighted by Gasteiger charge is -2.22. The van der Waals surface area contributed by atoms with Gasteiger partial charge in [-0.1, -0.05) is 33.8 Å². The summed E-state index contributed by atoms with van der Waals surface area (Å²) in [6.45, 7) is 13.8. The van der Waals surface area contributed by atoms with E-state index < -0.39 is 81.1 Å². The van der Waals surface area contributed by atoms with E-state index in [4.69, 9.17) is 0 Å². The zero-order valence-electron chi connectivity index (χ0n) is 24.8. The molecule has 0 radical (unpaired) electrons. The van der Waals surface area contributed by atoms with Crippen LogP contribution in [0.1, 0.15) is 141 Å². The van der Waals surface area contributed by atoms with Gasteiger partial charge in [0, 0.05) is 17.8 Å². The molecule has 2 rings (SSSR count). The zero-order chi connectivity index (χ0) is 32.2. The molecule has 6 N–H and O–H groups in total. The normalized spacial score (nSPS) is 11.1. The van der Waals surface area contributed by atoms with Crippen LogP contribution in [0.4, 0.5) is 5.69 Å². The largest absolute Gasteiger partial charge is 0.478 e. The Hall–Kier alpha value is -4.74. The third-order valence-electron chi connectivity index (χ3n) is 6.23. The van der Waals surface area contributed by atoms with Gasteiger partial charge in [0.05, 0.1) is 33.4 Å². The van der Waals surface area contributed by atoms with Gasteiger partial charge in [-0.3, -0.25) is 14.4 Å². The molecule has 226 valence electrons. The number of carbonyl (C=O) groups is 6. The number of carbonyl (C=O) groups excluding carboxylic acids is 3. The molecule has 42 heavy (non-hydrogen) atoms. The first-order valence-electron chi connectivity index (χ1n) is 13.4. The second kappa shape index (κ2) is 13.3. The number of rotatable bonds is 11. The van der Waals surface area contributed by atoms with Crippen LogP contribution in [-0.4, -0.2) is 63.0 Å². The van der Waals surface area contributed by atoms with Crippen molar-refractivity contribution in [2.45, 2.75) is 79.3 Å². The first kappa shape index (κ1) is 33.5. The fourth-order valence-corrected chi connectivity index (χ4v) is 4.35. The van der Waals surface area contributed by atoms with Gasteiger partial charge >= 0.3 is 17.9 Å². The maximum absolute atomic E-state index is 13.9. The Bertz CT molecular complexity index is 1370. The molecule has 0 saturated heterocycles. The van der Waals surface area contributed by atoms with E-state index in [-0.39, 0.29) is 17.5 Å². The molecule has 0 fully saturated rings. The van der Waals surface area contributed by atoms with Gasteiger partial charge in [-0.25, -0.2) is 14.4 Å². The van der Waals surface area contributed by atoms with Gasteiger partial charge < -0.3 is 31.3 Å². The van der Waals surface area contributed by atoms with Gasteiger partial charge in [0.1, 0.15) is 0 Å². The predicted octanol–water partition coefficient (Wildman–Crippen LogP) is 4.56. The lowest BCUT2D eigenvalue weighted by Crippen LogP contribution is -2.39. The quantitative estimate of drug-likeness (QED) is 0.219. The van der Waals surface area contributed by atoms with Crippen molar-refractivity contribution in [2.75, 3.05) is 5.32 Å². The van der Waals surface area contributed by atoms with E-state index in [9.17, 15) is 44.1 Å². The lowest BCUT2D eigenvalue weighted by atomic mass is 9.84. The molecular formula is C30H37N3O9. The fraction of sp³-hybridized carbons (Fsp3) is 0.400. The molecule has 2 aromatic carbocycles. The van der Waals surface area contributed by atoms with Crippen molar-refractivity contribution in [1.29, 1.82) is 0 Å². The summed E-state index contributed by atoms with van der Waals surface area (Å²) < 4.78 is 0. The van der Waals surface area contributed by atoms with Crippen LogP contribution in [0.15, 0.2) is 18.2 Å². The van der Waals surface area contributed by atoms with Crippen LogP contribution < -0.4 is 16.0 Å². The molecule has 2 aromatic rings. The van der Waals surface area contributed by atoms with Gasteiger partial charge in [-0.05, 0) is 62.8 Å². The van der Waals surface area contributed by atoms with Crippen LogP contribution in [0, 0.1) is 0 Å². The molecule has 0 spiro atoms. The molecular weight excluding hydrogens is 546 g/mol. The average molecular weight is 584 g/mol. The third-order valence-corrected chi connectivity index (χ3v) is 6.23. The minimum absolute atomic E-state index is 0.0380. The number of anilines is 1. The number of hydrogen-bond acceptors (Lipinski definition) is 6. The molecule has 3 amide bonds. The predicted molar refractivity (Wildman–Crippen MR) is 155 cm³/mol. The van der Waals surface area contributed by atoms with Crippen LogP contribution in [0.3, 0.4) is 0 Å². The second-order valence-electron chi connectivity index (χ2n) is 11.1. The summed E-state index contributed by atoms with van der Waals surface area (Å²) in [7, 11) is 0. The van der Waals surface area contributed by atoms with E-state index in [1.165, 1.54) is 27.7 Å². The Morgan fingerprint density at radius 2 is 0.810 bits per heavy atom. The summed E-state index contributed by atoms with van der Waals surface area (Å²) >= 11 is 0. The minimum Gasteiger partial charge on any atom is -0.478 e. The first-order chi connectivity index (χ1) is 19.4. The molecule has 0 aliphatic heterocycles. The van der Waals surface area contributed by atoms with Crippen molar-refractivity contribution in [3.63, 3.8) is 0 Å². The van der Waals surface area contributed by atoms with Crippen LogP contribution in [0.25, 0.3) is 0 Å². The topological polar surface area (TPSA) is 199 Å². The molecule has 0 unspecified atom stereocenters. The Morgan fingerprint density at radius 1 is 0.500 bits per heavy atom. The number of aromatic carboxylic acids is 3. The SMILES string of the molecule is CC(C)NC(=O)c1c(C(=O)O)c(C(=O)Nc2cc(C(C)C)cc(C(C)C)c2)c(C(=O)O)c(C(=O)NC(C)C)c1C(=O)O. The first-order valence-corrected chi connectivity index (χ1v) is 13.4. The van der Waals surface area contributed by atoms with Gasteiger partial charge in [0.25, 0.3) is 17.7 Å². The maximum Gasteiger partial charge on any atom is 0.337 e. The number of nitrogens with one attached hydrogen (secondary N) is 3. The summed E-state index contributed by atoms with van der Waals surface area (Å²) in [5.74, 6) is -9.41. The summed E-state index contributed by atoms with van der Waals surface area (Å²) in [4.78, 5) is 78.2. The van der Waals surface area contributed by atoms with E-state index in [0.29, 0.717) is 0 Å². The van der Waals surface area contributed by atoms with Crippen LogP contribution in [-0.2, 0) is 0 Å². The van der Waals surface area contributed by atoms with Crippen molar-refractivity contribution in [2.24, 2.45) is 0 Å². The van der Waals surface area contributed by atoms with Crippen molar-refractivity contribution in [3.05, 3.63) is 62.7 Å². The Labute approximate surface area is 243 Å². The number of carboxylic acids is 3. The standard InChI is InChI=1S/C30H37N3O9/c1-12(2)16-9-17(13(3)4)11-18(10-16)33-27(36)21-23(29(39)40)19(25(34)31-14(5)6)22(28(37)38)20(24(21)30(41)42)26(35)32-15(7)8/h9-15H,1-8H3,(H,31,34)(H,32,35)(H,33,36)(H,37,38)(H,39,40)(H,41,42). The van der Waals surface area contributed by atoms with E-state index in [0.717, 1.165) is 11.1 Å². The number of benzene rings is 2. The molecule has 0 aliphatic rings. The van der Waals surface area contributed by atoms with E-state index in [2.05, 4.69) is 16.0 Å². The van der Waals surface area contributed by atoms with Gasteiger partial charge in [-0.2, -0.15) is 0 Å². The molecule has 0 heterocycles. The van der Waals surface area contributed by atoms with Crippen LogP contribution in [0.2, 0.25) is 0 Å². The van der Waals surface area contributed by atoms with Gasteiger partial charge in [-0.15, -0.1) is 0 Å². The van der Waals surface area contributed by atoms with E-state index in [1.807, 2.05) is 33.8 Å². The number of hydrogen-bond donors (Lipinski definition) is 6. The summed E-state index contributed by atoms with van der Waals surface area (Å²) in [6, 6.07) is 4.00. The average Bonchev–Trinajstić information content (AvgIpc) is 2.85. The smallest absolute Gasteiger partial charge is 0.337 e. The minimum atomic E-state index is -1.94. The summed E-state index contributed by atoms with van der Waals surface area (Å²) in [5, 5.41) is 37.8. The second-order valence-corrected chi connectivity index (χ2v) is 11.1. The highest BCUT2D eigenvalue weighted by atomic mass is 16.4. The monoisotopic (exact) mass is 583 g/mol. The molecule has 0 atom stereocenters. The van der Waals surface area contributed by atoms with E-state index in [1.54, 1.807) is 12.1 Å². The molecule has 12 nitrogen and oxygen atoms in total. The highest BCUT2D eigenvalue weighted by molar-refractivity contribution is 6.26. The highest BCUT2D eigenvalue weighted by Crippen LogP contribution is 2.32. The zero-order valence-corrected chi connectivity index (χ0v) is 24.8. The molecule has 0 bridgehead atoms. The van der Waals surface area contributed by atoms with Gasteiger partial charge in [0.15, 0.2) is 0 Å². The summed E-state index contributed by atoms with van der Waals surface area (Å²) in [5.41, 5.74) is -4.67. The van der Waals surface area contributed by atoms with Crippen LogP contribution in [0.5, 0.6) is 0 Å². The third kappa shape index (κ3) is 7.31. The summed E-state index contributed by atoms with van der Waals surface area (Å²) in [6.07, 6.45) is 0. The molecule has 0 saturated carbocycles. The number of carboxylic acid groups (broad SMARTS) is 3. The molecule has 0 aromatic heterocycles. The van der Waals surface area contributed by atoms with E-state index >= 15 is 0 Å². The highest BCUT2D eigenvalue weighted by Gasteiger charge is 2.40. The van der Waals surface area contributed by atoms with Crippen LogP contribution >= 0.6 is 0 Å². The maximum atomic E-state index is 13.9.